The molecule has 3 nitrogen and oxygen atoms in total. The van der Waals surface area contributed by atoms with Crippen LogP contribution in [0.25, 0.3) is 0 Å². The molecule has 0 aliphatic heterocycles. The molecular formula is C13H14ClNO2. The molecule has 0 saturated heterocycles. The normalized spacial score (nSPS) is 12.4. The van der Waals surface area contributed by atoms with Gasteiger partial charge in [-0.2, -0.15) is 0 Å². The highest BCUT2D eigenvalue weighted by Gasteiger charge is 2.10. The van der Waals surface area contributed by atoms with E-state index in [1.165, 1.54) is 0 Å². The Kier molecular flexibility index (Phi) is 3.71. The smallest absolute Gasteiger partial charge is 0.124 e. The van der Waals surface area contributed by atoms with Gasteiger partial charge < -0.3 is 14.9 Å². The molecule has 1 aromatic carbocycles. The van der Waals surface area contributed by atoms with Crippen LogP contribution < -0.4 is 10.5 Å². The second-order valence-electron chi connectivity index (χ2n) is 3.82. The second kappa shape index (κ2) is 5.25. The van der Waals surface area contributed by atoms with Crippen molar-refractivity contribution in [3.05, 3.63) is 52.9 Å². The summed E-state index contributed by atoms with van der Waals surface area (Å²) in [7, 11) is 0. The topological polar surface area (TPSA) is 48.4 Å². The molecule has 1 atom stereocenters. The van der Waals surface area contributed by atoms with E-state index in [4.69, 9.17) is 26.5 Å². The van der Waals surface area contributed by atoms with Crippen molar-refractivity contribution in [1.29, 1.82) is 0 Å². The van der Waals surface area contributed by atoms with Crippen molar-refractivity contribution in [2.45, 2.75) is 13.0 Å². The summed E-state index contributed by atoms with van der Waals surface area (Å²) in [5, 5.41) is 0.684. The van der Waals surface area contributed by atoms with Gasteiger partial charge >= 0.3 is 0 Å². The maximum atomic E-state index is 5.94. The van der Waals surface area contributed by atoms with Crippen LogP contribution in [-0.2, 0) is 0 Å². The van der Waals surface area contributed by atoms with Crippen LogP contribution in [-0.4, -0.2) is 6.61 Å². The number of ether oxygens (including phenoxy) is 1. The monoisotopic (exact) mass is 251 g/mol. The number of aryl methyl sites for hydroxylation is 1. The van der Waals surface area contributed by atoms with Gasteiger partial charge in [0.05, 0.1) is 6.04 Å². The molecular weight excluding hydrogens is 238 g/mol. The SMILES string of the molecule is Cc1ccc(C(N)COc2ccc(Cl)cc2)o1. The molecule has 90 valence electrons. The van der Waals surface area contributed by atoms with Crippen LogP contribution in [0.2, 0.25) is 5.02 Å². The third-order valence-corrected chi connectivity index (χ3v) is 2.62. The third kappa shape index (κ3) is 3.25. The first kappa shape index (κ1) is 12.0. The fourth-order valence-electron chi connectivity index (χ4n) is 1.45. The summed E-state index contributed by atoms with van der Waals surface area (Å²) in [5.41, 5.74) is 5.94. The van der Waals surface area contributed by atoms with Crippen LogP contribution in [0.1, 0.15) is 17.6 Å². The fourth-order valence-corrected chi connectivity index (χ4v) is 1.58. The number of benzene rings is 1. The lowest BCUT2D eigenvalue weighted by molar-refractivity contribution is 0.271. The van der Waals surface area contributed by atoms with Gasteiger partial charge in [0, 0.05) is 5.02 Å². The third-order valence-electron chi connectivity index (χ3n) is 2.37. The van der Waals surface area contributed by atoms with Gasteiger partial charge in [-0.1, -0.05) is 11.6 Å². The Labute approximate surface area is 105 Å². The fraction of sp³-hybridized carbons (Fsp3) is 0.231. The van der Waals surface area contributed by atoms with Crippen LogP contribution >= 0.6 is 11.6 Å². The van der Waals surface area contributed by atoms with E-state index >= 15 is 0 Å². The van der Waals surface area contributed by atoms with Crippen molar-refractivity contribution < 1.29 is 9.15 Å². The average molecular weight is 252 g/mol. The highest BCUT2D eigenvalue weighted by Crippen LogP contribution is 2.18. The van der Waals surface area contributed by atoms with Crippen molar-refractivity contribution >= 4 is 11.6 Å². The van der Waals surface area contributed by atoms with Crippen LogP contribution in [0.3, 0.4) is 0 Å². The second-order valence-corrected chi connectivity index (χ2v) is 4.26. The average Bonchev–Trinajstić information content (AvgIpc) is 2.75. The Morgan fingerprint density at radius 2 is 1.94 bits per heavy atom. The molecule has 4 heteroatoms. The minimum atomic E-state index is -0.264. The Bertz CT molecular complexity index is 478. The summed E-state index contributed by atoms with van der Waals surface area (Å²) < 4.78 is 11.0. The lowest BCUT2D eigenvalue weighted by atomic mass is 10.2. The largest absolute Gasteiger partial charge is 0.491 e. The lowest BCUT2D eigenvalue weighted by Gasteiger charge is -2.11. The minimum Gasteiger partial charge on any atom is -0.491 e. The van der Waals surface area contributed by atoms with Crippen LogP contribution in [0, 0.1) is 6.92 Å². The summed E-state index contributed by atoms with van der Waals surface area (Å²) >= 11 is 5.78. The van der Waals surface area contributed by atoms with Gasteiger partial charge in [0.25, 0.3) is 0 Å². The zero-order valence-corrected chi connectivity index (χ0v) is 10.3. The molecule has 1 aromatic heterocycles. The van der Waals surface area contributed by atoms with Gasteiger partial charge in [-0.25, -0.2) is 0 Å². The number of hydrogen-bond donors (Lipinski definition) is 1. The Hall–Kier alpha value is -1.45. The molecule has 0 saturated carbocycles. The minimum absolute atomic E-state index is 0.264. The van der Waals surface area contributed by atoms with Gasteiger partial charge in [0.2, 0.25) is 0 Å². The first-order valence-corrected chi connectivity index (χ1v) is 5.73. The predicted octanol–water partition coefficient (Wildman–Crippen LogP) is 3.32. The van der Waals surface area contributed by atoms with E-state index < -0.39 is 0 Å². The molecule has 0 bridgehead atoms. The number of halogens is 1. The zero-order valence-electron chi connectivity index (χ0n) is 9.52. The van der Waals surface area contributed by atoms with E-state index in [9.17, 15) is 0 Å². The number of furan rings is 1. The molecule has 0 spiro atoms. The van der Waals surface area contributed by atoms with Crippen LogP contribution in [0.5, 0.6) is 5.75 Å². The predicted molar refractivity (Wildman–Crippen MR) is 67.3 cm³/mol. The lowest BCUT2D eigenvalue weighted by Crippen LogP contribution is -2.18. The maximum absolute atomic E-state index is 5.94. The van der Waals surface area contributed by atoms with E-state index in [2.05, 4.69) is 0 Å². The van der Waals surface area contributed by atoms with Crippen molar-refractivity contribution in [1.82, 2.24) is 0 Å². The number of rotatable bonds is 4. The Morgan fingerprint density at radius 1 is 1.24 bits per heavy atom. The van der Waals surface area contributed by atoms with Crippen LogP contribution in [0.4, 0.5) is 0 Å². The van der Waals surface area contributed by atoms with E-state index in [0.29, 0.717) is 11.6 Å². The zero-order chi connectivity index (χ0) is 12.3. The van der Waals surface area contributed by atoms with E-state index in [-0.39, 0.29) is 6.04 Å². The van der Waals surface area contributed by atoms with Gasteiger partial charge in [0.15, 0.2) is 0 Å². The number of nitrogens with two attached hydrogens (primary N) is 1. The maximum Gasteiger partial charge on any atom is 0.124 e. The van der Waals surface area contributed by atoms with E-state index in [1.807, 2.05) is 31.2 Å². The van der Waals surface area contributed by atoms with Crippen molar-refractivity contribution in [3.63, 3.8) is 0 Å². The molecule has 0 radical (unpaired) electrons. The summed E-state index contributed by atoms with van der Waals surface area (Å²) in [6, 6.07) is 10.7. The van der Waals surface area contributed by atoms with Gasteiger partial charge in [-0.05, 0) is 43.3 Å². The van der Waals surface area contributed by atoms with E-state index in [0.717, 1.165) is 17.3 Å². The molecule has 0 aliphatic carbocycles. The summed E-state index contributed by atoms with van der Waals surface area (Å²) in [5.74, 6) is 2.33. The standard InChI is InChI=1S/C13H14ClNO2/c1-9-2-7-13(17-9)12(15)8-16-11-5-3-10(14)4-6-11/h2-7,12H,8,15H2,1H3. The Balaban J connectivity index is 1.92. The molecule has 0 aliphatic rings. The van der Waals surface area contributed by atoms with Crippen molar-refractivity contribution in [3.8, 4) is 5.75 Å². The summed E-state index contributed by atoms with van der Waals surface area (Å²) in [6.45, 7) is 2.25. The van der Waals surface area contributed by atoms with Crippen molar-refractivity contribution in [2.75, 3.05) is 6.61 Å². The van der Waals surface area contributed by atoms with Gasteiger partial charge in [-0.15, -0.1) is 0 Å². The molecule has 2 N–H and O–H groups in total. The molecule has 17 heavy (non-hydrogen) atoms. The molecule has 0 fully saturated rings. The summed E-state index contributed by atoms with van der Waals surface area (Å²) in [6.07, 6.45) is 0. The van der Waals surface area contributed by atoms with Crippen LogP contribution in [0.15, 0.2) is 40.8 Å². The molecule has 2 rings (SSSR count). The van der Waals surface area contributed by atoms with Crippen molar-refractivity contribution in [2.24, 2.45) is 5.73 Å². The Morgan fingerprint density at radius 3 is 2.53 bits per heavy atom. The van der Waals surface area contributed by atoms with Gasteiger partial charge in [-0.3, -0.25) is 0 Å². The molecule has 1 heterocycles. The highest BCUT2D eigenvalue weighted by molar-refractivity contribution is 6.30. The molecule has 1 unspecified atom stereocenters. The summed E-state index contributed by atoms with van der Waals surface area (Å²) in [4.78, 5) is 0. The van der Waals surface area contributed by atoms with Gasteiger partial charge in [0.1, 0.15) is 23.9 Å². The quantitative estimate of drug-likeness (QED) is 0.907. The molecule has 0 amide bonds. The first-order chi connectivity index (χ1) is 8.15. The number of hydrogen-bond acceptors (Lipinski definition) is 3. The first-order valence-electron chi connectivity index (χ1n) is 5.35. The molecule has 2 aromatic rings. The highest BCUT2D eigenvalue weighted by atomic mass is 35.5. The van der Waals surface area contributed by atoms with E-state index in [1.54, 1.807) is 12.1 Å².